The lowest BCUT2D eigenvalue weighted by Gasteiger charge is -2.18. The Morgan fingerprint density at radius 3 is 2.34 bits per heavy atom. The molecule has 2 aromatic heterocycles. The van der Waals surface area contributed by atoms with Crippen LogP contribution in [0.15, 0.2) is 30.7 Å². The zero-order valence-corrected chi connectivity index (χ0v) is 18.2. The van der Waals surface area contributed by atoms with Crippen LogP contribution in [-0.4, -0.2) is 25.2 Å². The fourth-order valence-corrected chi connectivity index (χ4v) is 4.59. The second kappa shape index (κ2) is 5.87. The predicted octanol–water partition coefficient (Wildman–Crippen LogP) is 4.42. The molecule has 9 heteroatoms. The molecular weight excluding hydrogens is 491 g/mol. The number of amides is 1. The second-order valence-electron chi connectivity index (χ2n) is 8.57. The number of carbonyl (C=O) groups excluding carboxylic acids is 1. The summed E-state index contributed by atoms with van der Waals surface area (Å²) in [5.74, 6) is -1.73. The summed E-state index contributed by atoms with van der Waals surface area (Å²) in [5.41, 5.74) is -0.0728. The Bertz CT molecular complexity index is 1150. The summed E-state index contributed by atoms with van der Waals surface area (Å²) >= 11 is 2.09. The van der Waals surface area contributed by atoms with Crippen molar-refractivity contribution in [1.82, 2.24) is 19.3 Å². The van der Waals surface area contributed by atoms with Gasteiger partial charge in [0.15, 0.2) is 11.6 Å². The number of rotatable bonds is 2. The highest BCUT2D eigenvalue weighted by Gasteiger charge is 2.61. The van der Waals surface area contributed by atoms with Crippen LogP contribution in [0.25, 0.3) is 5.69 Å². The van der Waals surface area contributed by atoms with Gasteiger partial charge in [-0.2, -0.15) is 5.10 Å². The highest BCUT2D eigenvalue weighted by molar-refractivity contribution is 14.1. The zero-order valence-electron chi connectivity index (χ0n) is 16.1. The minimum absolute atomic E-state index is 0.135. The van der Waals surface area contributed by atoms with Gasteiger partial charge in [-0.1, -0.05) is 20.8 Å². The number of aromatic nitrogens is 4. The maximum atomic E-state index is 15.1. The van der Waals surface area contributed by atoms with Gasteiger partial charge in [-0.05, 0) is 46.4 Å². The van der Waals surface area contributed by atoms with Crippen molar-refractivity contribution < 1.29 is 13.6 Å². The van der Waals surface area contributed by atoms with Gasteiger partial charge in [0.25, 0.3) is 5.91 Å². The molecule has 3 aromatic rings. The van der Waals surface area contributed by atoms with Crippen molar-refractivity contribution in [2.45, 2.75) is 44.6 Å². The summed E-state index contributed by atoms with van der Waals surface area (Å²) in [7, 11) is 0. The van der Waals surface area contributed by atoms with Gasteiger partial charge in [-0.25, -0.2) is 23.3 Å². The largest absolute Gasteiger partial charge is 0.289 e. The molecular formula is C20H18F2IN5O. The molecule has 29 heavy (non-hydrogen) atoms. The van der Waals surface area contributed by atoms with E-state index >= 15 is 8.78 Å². The van der Waals surface area contributed by atoms with E-state index in [1.165, 1.54) is 16.8 Å². The molecule has 1 fully saturated rings. The number of fused-ring (bicyclic) bond motifs is 2. The molecule has 0 saturated heterocycles. The zero-order chi connectivity index (χ0) is 20.7. The normalized spacial score (nSPS) is 17.3. The van der Waals surface area contributed by atoms with Crippen LogP contribution >= 0.6 is 22.6 Å². The van der Waals surface area contributed by atoms with Gasteiger partial charge < -0.3 is 0 Å². The van der Waals surface area contributed by atoms with Crippen molar-refractivity contribution in [2.24, 2.45) is 0 Å². The SMILES string of the molecule is CC(C)(C)c1cnn(-c2cc(F)c(N3C(=O)C4(CC4)n4c(I)cnc43)c(F)c2)c1. The van der Waals surface area contributed by atoms with Crippen LogP contribution in [0.2, 0.25) is 0 Å². The van der Waals surface area contributed by atoms with Gasteiger partial charge in [0, 0.05) is 18.3 Å². The highest BCUT2D eigenvalue weighted by Crippen LogP contribution is 2.55. The number of carbonyl (C=O) groups is 1. The number of nitrogens with zero attached hydrogens (tertiary/aromatic N) is 5. The summed E-state index contributed by atoms with van der Waals surface area (Å²) < 4.78 is 34.2. The van der Waals surface area contributed by atoms with E-state index in [0.29, 0.717) is 12.8 Å². The molecule has 0 bridgehead atoms. The van der Waals surface area contributed by atoms with E-state index in [0.717, 1.165) is 14.2 Å². The maximum Gasteiger partial charge on any atom is 0.260 e. The molecule has 3 heterocycles. The quantitative estimate of drug-likeness (QED) is 0.481. The Labute approximate surface area is 179 Å². The molecule has 2 aliphatic rings. The Kier molecular flexibility index (Phi) is 3.78. The Balaban J connectivity index is 1.60. The first-order chi connectivity index (χ1) is 13.6. The van der Waals surface area contributed by atoms with Gasteiger partial charge in [0.05, 0.1) is 18.1 Å². The smallest absolute Gasteiger partial charge is 0.260 e. The Morgan fingerprint density at radius 1 is 1.14 bits per heavy atom. The van der Waals surface area contributed by atoms with Crippen LogP contribution in [0.1, 0.15) is 39.2 Å². The lowest BCUT2D eigenvalue weighted by Crippen LogP contribution is -2.31. The van der Waals surface area contributed by atoms with Crippen LogP contribution in [0, 0.1) is 15.3 Å². The predicted molar refractivity (Wildman–Crippen MR) is 111 cm³/mol. The summed E-state index contributed by atoms with van der Waals surface area (Å²) in [6.45, 7) is 6.11. The van der Waals surface area contributed by atoms with Crippen LogP contribution in [0.4, 0.5) is 20.4 Å². The van der Waals surface area contributed by atoms with Crippen LogP contribution in [0.3, 0.4) is 0 Å². The highest BCUT2D eigenvalue weighted by atomic mass is 127. The molecule has 0 radical (unpaired) electrons. The molecule has 1 amide bonds. The minimum atomic E-state index is -0.830. The molecule has 0 N–H and O–H groups in total. The Morgan fingerprint density at radius 2 is 1.79 bits per heavy atom. The van der Waals surface area contributed by atoms with Crippen molar-refractivity contribution in [1.29, 1.82) is 0 Å². The lowest BCUT2D eigenvalue weighted by molar-refractivity contribution is -0.120. The van der Waals surface area contributed by atoms with E-state index in [9.17, 15) is 4.79 Å². The van der Waals surface area contributed by atoms with E-state index < -0.39 is 22.9 Å². The molecule has 0 atom stereocenters. The van der Waals surface area contributed by atoms with Gasteiger partial charge in [-0.3, -0.25) is 9.36 Å². The van der Waals surface area contributed by atoms with Gasteiger partial charge >= 0.3 is 0 Å². The molecule has 150 valence electrons. The van der Waals surface area contributed by atoms with Crippen molar-refractivity contribution in [3.05, 3.63) is 51.6 Å². The van der Waals surface area contributed by atoms with Crippen LogP contribution < -0.4 is 4.90 Å². The molecule has 0 unspecified atom stereocenters. The summed E-state index contributed by atoms with van der Waals surface area (Å²) in [6, 6.07) is 2.39. The number of benzene rings is 1. The monoisotopic (exact) mass is 509 g/mol. The van der Waals surface area contributed by atoms with E-state index in [4.69, 9.17) is 0 Å². The summed E-state index contributed by atoms with van der Waals surface area (Å²) in [6.07, 6.45) is 6.33. The summed E-state index contributed by atoms with van der Waals surface area (Å²) in [5, 5.41) is 4.23. The van der Waals surface area contributed by atoms with Crippen molar-refractivity contribution in [3.8, 4) is 5.69 Å². The molecule has 1 saturated carbocycles. The first kappa shape index (κ1) is 18.7. The van der Waals surface area contributed by atoms with Crippen molar-refractivity contribution in [3.63, 3.8) is 0 Å². The molecule has 1 aliphatic heterocycles. The van der Waals surface area contributed by atoms with Gasteiger partial charge in [0.1, 0.15) is 14.9 Å². The fraction of sp³-hybridized carbons (Fsp3) is 0.350. The third kappa shape index (κ3) is 2.59. The molecule has 1 aliphatic carbocycles. The summed E-state index contributed by atoms with van der Waals surface area (Å²) in [4.78, 5) is 18.4. The number of halogens is 3. The van der Waals surface area contributed by atoms with Crippen LogP contribution in [-0.2, 0) is 15.7 Å². The third-order valence-corrected chi connectivity index (χ3v) is 6.35. The van der Waals surface area contributed by atoms with Gasteiger partial charge in [0.2, 0.25) is 5.95 Å². The third-order valence-electron chi connectivity index (χ3n) is 5.59. The van der Waals surface area contributed by atoms with E-state index in [1.54, 1.807) is 23.2 Å². The lowest BCUT2D eigenvalue weighted by atomic mass is 9.90. The molecule has 1 aromatic carbocycles. The van der Waals surface area contributed by atoms with Gasteiger partial charge in [-0.15, -0.1) is 0 Å². The second-order valence-corrected chi connectivity index (χ2v) is 9.68. The Hall–Kier alpha value is -2.30. The van der Waals surface area contributed by atoms with E-state index in [2.05, 4.69) is 32.7 Å². The molecule has 1 spiro atoms. The number of hydrogen-bond donors (Lipinski definition) is 0. The first-order valence-electron chi connectivity index (χ1n) is 9.26. The average Bonchev–Trinajstić information content (AvgIpc) is 3.00. The number of anilines is 2. The fourth-order valence-electron chi connectivity index (χ4n) is 3.78. The molecule has 5 rings (SSSR count). The standard InChI is InChI=1S/C20H18F2IN5O/c1-19(2,3)11-8-25-26(10-11)12-6-13(21)16(14(22)7-12)27-17(29)20(4-5-20)28-15(23)9-24-18(27)28/h6-10H,4-5H2,1-3H3. The molecule has 6 nitrogen and oxygen atoms in total. The van der Waals surface area contributed by atoms with E-state index in [-0.39, 0.29) is 23.0 Å². The van der Waals surface area contributed by atoms with Crippen LogP contribution in [0.5, 0.6) is 0 Å². The number of imidazole rings is 1. The minimum Gasteiger partial charge on any atom is -0.289 e. The van der Waals surface area contributed by atoms with E-state index in [1.807, 2.05) is 20.8 Å². The topological polar surface area (TPSA) is 56.0 Å². The first-order valence-corrected chi connectivity index (χ1v) is 10.3. The van der Waals surface area contributed by atoms with Crippen molar-refractivity contribution >= 4 is 40.1 Å². The van der Waals surface area contributed by atoms with Crippen molar-refractivity contribution in [2.75, 3.05) is 4.90 Å². The number of hydrogen-bond acceptors (Lipinski definition) is 3. The average molecular weight is 509 g/mol. The maximum absolute atomic E-state index is 15.1.